The monoisotopic (exact) mass is 424 g/mol. The molecule has 32 heavy (non-hydrogen) atoms. The number of benzene rings is 3. The highest BCUT2D eigenvalue weighted by atomic mass is 16.2. The molecular formula is C28H28N2O2. The van der Waals surface area contributed by atoms with Crippen LogP contribution >= 0.6 is 0 Å². The average molecular weight is 425 g/mol. The van der Waals surface area contributed by atoms with Gasteiger partial charge in [-0.05, 0) is 73.2 Å². The Morgan fingerprint density at radius 1 is 0.719 bits per heavy atom. The first-order chi connectivity index (χ1) is 15.2. The molecule has 4 heteroatoms. The Kier molecular flexibility index (Phi) is 5.70. The maximum absolute atomic E-state index is 13.6. The van der Waals surface area contributed by atoms with Crippen LogP contribution in [-0.2, 0) is 9.59 Å². The SMILES string of the molecule is Cc1ccc(C2=C(Nc3ccc(C(C)C)cc3)C(=O)N(c3cc(C)cc(C)c3)C2=O)cc1. The Morgan fingerprint density at radius 3 is 1.88 bits per heavy atom. The lowest BCUT2D eigenvalue weighted by Gasteiger charge is -2.17. The Balaban J connectivity index is 1.80. The van der Waals surface area contributed by atoms with E-state index in [2.05, 4.69) is 19.2 Å². The third-order valence-electron chi connectivity index (χ3n) is 5.74. The van der Waals surface area contributed by atoms with Gasteiger partial charge in [-0.25, -0.2) is 4.90 Å². The number of anilines is 2. The number of carbonyl (C=O) groups excluding carboxylic acids is 2. The maximum atomic E-state index is 13.6. The normalized spacial score (nSPS) is 14.0. The van der Waals surface area contributed by atoms with E-state index in [0.717, 1.165) is 27.9 Å². The standard InChI is InChI=1S/C28H28N2O2/c1-17(2)21-10-12-23(13-11-21)29-26-25(22-8-6-18(3)7-9-22)27(31)30(28(26)32)24-15-19(4)14-20(5)16-24/h6-17,29H,1-5H3. The minimum atomic E-state index is -0.344. The van der Waals surface area contributed by atoms with E-state index in [-0.39, 0.29) is 11.8 Å². The number of rotatable bonds is 5. The van der Waals surface area contributed by atoms with E-state index in [0.29, 0.717) is 22.9 Å². The molecule has 0 atom stereocenters. The second kappa shape index (κ2) is 8.46. The summed E-state index contributed by atoms with van der Waals surface area (Å²) in [5.74, 6) is -0.241. The minimum Gasteiger partial charge on any atom is -0.350 e. The van der Waals surface area contributed by atoms with Crippen molar-refractivity contribution in [1.82, 2.24) is 0 Å². The van der Waals surface area contributed by atoms with Gasteiger partial charge >= 0.3 is 0 Å². The molecule has 2 amide bonds. The number of carbonyl (C=O) groups is 2. The van der Waals surface area contributed by atoms with Crippen molar-refractivity contribution in [1.29, 1.82) is 0 Å². The highest BCUT2D eigenvalue weighted by molar-refractivity contribution is 6.46. The van der Waals surface area contributed by atoms with E-state index in [4.69, 9.17) is 0 Å². The first-order valence-corrected chi connectivity index (χ1v) is 10.9. The predicted molar refractivity (Wildman–Crippen MR) is 131 cm³/mol. The molecule has 0 aromatic heterocycles. The van der Waals surface area contributed by atoms with E-state index in [9.17, 15) is 9.59 Å². The molecule has 0 aliphatic carbocycles. The van der Waals surface area contributed by atoms with Crippen LogP contribution in [0.1, 0.15) is 47.6 Å². The fourth-order valence-electron chi connectivity index (χ4n) is 4.04. The zero-order valence-electron chi connectivity index (χ0n) is 19.2. The topological polar surface area (TPSA) is 49.4 Å². The zero-order valence-corrected chi connectivity index (χ0v) is 19.2. The molecule has 162 valence electrons. The fourth-order valence-corrected chi connectivity index (χ4v) is 4.04. The van der Waals surface area contributed by atoms with Gasteiger partial charge in [-0.3, -0.25) is 9.59 Å². The van der Waals surface area contributed by atoms with Crippen LogP contribution in [0.25, 0.3) is 5.57 Å². The van der Waals surface area contributed by atoms with Gasteiger partial charge in [0, 0.05) is 5.69 Å². The third kappa shape index (κ3) is 4.09. The van der Waals surface area contributed by atoms with Crippen LogP contribution in [0.4, 0.5) is 11.4 Å². The van der Waals surface area contributed by atoms with Gasteiger partial charge in [-0.15, -0.1) is 0 Å². The van der Waals surface area contributed by atoms with Crippen molar-refractivity contribution in [3.8, 4) is 0 Å². The molecular weight excluding hydrogens is 396 g/mol. The van der Waals surface area contributed by atoms with Crippen molar-refractivity contribution in [3.63, 3.8) is 0 Å². The number of nitrogens with one attached hydrogen (secondary N) is 1. The van der Waals surface area contributed by atoms with Crippen LogP contribution < -0.4 is 10.2 Å². The van der Waals surface area contributed by atoms with Crippen LogP contribution in [0.2, 0.25) is 0 Å². The Hall–Kier alpha value is -3.66. The summed E-state index contributed by atoms with van der Waals surface area (Å²) in [6.45, 7) is 10.2. The van der Waals surface area contributed by atoms with E-state index in [1.807, 2.05) is 87.5 Å². The number of hydrogen-bond acceptors (Lipinski definition) is 3. The maximum Gasteiger partial charge on any atom is 0.282 e. The number of hydrogen-bond donors (Lipinski definition) is 1. The smallest absolute Gasteiger partial charge is 0.282 e. The Bertz CT molecular complexity index is 1200. The van der Waals surface area contributed by atoms with Gasteiger partial charge in [0.25, 0.3) is 11.8 Å². The van der Waals surface area contributed by atoms with E-state index in [1.165, 1.54) is 10.5 Å². The molecule has 0 unspecified atom stereocenters. The summed E-state index contributed by atoms with van der Waals surface area (Å²) >= 11 is 0. The molecule has 0 saturated heterocycles. The molecule has 0 bridgehead atoms. The summed E-state index contributed by atoms with van der Waals surface area (Å²) in [5.41, 5.74) is 7.10. The van der Waals surface area contributed by atoms with Crippen molar-refractivity contribution >= 4 is 28.8 Å². The van der Waals surface area contributed by atoms with Crippen molar-refractivity contribution in [2.75, 3.05) is 10.2 Å². The van der Waals surface area contributed by atoms with Crippen LogP contribution in [0.3, 0.4) is 0 Å². The quantitative estimate of drug-likeness (QED) is 0.501. The molecule has 1 aliphatic heterocycles. The number of nitrogens with zero attached hydrogens (tertiary/aromatic N) is 1. The van der Waals surface area contributed by atoms with E-state index < -0.39 is 0 Å². The summed E-state index contributed by atoms with van der Waals surface area (Å²) in [4.78, 5) is 28.4. The molecule has 0 saturated carbocycles. The molecule has 0 radical (unpaired) electrons. The van der Waals surface area contributed by atoms with Gasteiger partial charge < -0.3 is 5.32 Å². The Labute approximate surface area is 189 Å². The fraction of sp³-hybridized carbons (Fsp3) is 0.214. The molecule has 1 heterocycles. The lowest BCUT2D eigenvalue weighted by molar-refractivity contribution is -0.120. The van der Waals surface area contributed by atoms with Gasteiger partial charge in [-0.1, -0.05) is 61.9 Å². The van der Waals surface area contributed by atoms with Crippen molar-refractivity contribution in [2.24, 2.45) is 0 Å². The second-order valence-electron chi connectivity index (χ2n) is 8.81. The van der Waals surface area contributed by atoms with E-state index >= 15 is 0 Å². The summed E-state index contributed by atoms with van der Waals surface area (Å²) in [7, 11) is 0. The summed E-state index contributed by atoms with van der Waals surface area (Å²) < 4.78 is 0. The predicted octanol–water partition coefficient (Wildman–Crippen LogP) is 6.13. The third-order valence-corrected chi connectivity index (χ3v) is 5.74. The van der Waals surface area contributed by atoms with Crippen molar-refractivity contribution in [3.05, 3.63) is 100 Å². The van der Waals surface area contributed by atoms with Gasteiger partial charge in [0.05, 0.1) is 11.3 Å². The number of amides is 2. The molecule has 1 N–H and O–H groups in total. The second-order valence-corrected chi connectivity index (χ2v) is 8.81. The van der Waals surface area contributed by atoms with Crippen molar-refractivity contribution in [2.45, 2.75) is 40.5 Å². The molecule has 0 fully saturated rings. The number of aryl methyl sites for hydroxylation is 3. The lowest BCUT2D eigenvalue weighted by Crippen LogP contribution is -2.32. The molecule has 4 nitrogen and oxygen atoms in total. The minimum absolute atomic E-state index is 0.301. The zero-order chi connectivity index (χ0) is 23.0. The van der Waals surface area contributed by atoms with E-state index in [1.54, 1.807) is 0 Å². The van der Waals surface area contributed by atoms with Crippen molar-refractivity contribution < 1.29 is 9.59 Å². The summed E-state index contributed by atoms with van der Waals surface area (Å²) in [6.07, 6.45) is 0. The lowest BCUT2D eigenvalue weighted by atomic mass is 10.0. The van der Waals surface area contributed by atoms with Crippen LogP contribution in [0.15, 0.2) is 72.4 Å². The molecule has 4 rings (SSSR count). The van der Waals surface area contributed by atoms with Gasteiger partial charge in [0.2, 0.25) is 0 Å². The van der Waals surface area contributed by atoms with Gasteiger partial charge in [-0.2, -0.15) is 0 Å². The van der Waals surface area contributed by atoms with Crippen LogP contribution in [0.5, 0.6) is 0 Å². The average Bonchev–Trinajstić information content (AvgIpc) is 2.98. The van der Waals surface area contributed by atoms with Crippen LogP contribution in [0, 0.1) is 20.8 Å². The molecule has 3 aromatic rings. The molecule has 1 aliphatic rings. The highest BCUT2D eigenvalue weighted by Gasteiger charge is 2.40. The van der Waals surface area contributed by atoms with Gasteiger partial charge in [0.15, 0.2) is 0 Å². The van der Waals surface area contributed by atoms with Crippen LogP contribution in [-0.4, -0.2) is 11.8 Å². The first kappa shape index (κ1) is 21.6. The molecule has 3 aromatic carbocycles. The largest absolute Gasteiger partial charge is 0.350 e. The summed E-state index contributed by atoms with van der Waals surface area (Å²) in [5, 5.41) is 3.25. The summed E-state index contributed by atoms with van der Waals surface area (Å²) in [6, 6.07) is 21.4. The Morgan fingerprint density at radius 2 is 1.31 bits per heavy atom. The highest BCUT2D eigenvalue weighted by Crippen LogP contribution is 2.34. The first-order valence-electron chi connectivity index (χ1n) is 10.9. The number of imide groups is 1. The van der Waals surface area contributed by atoms with Gasteiger partial charge in [0.1, 0.15) is 5.70 Å². The molecule has 0 spiro atoms.